The van der Waals surface area contributed by atoms with Crippen molar-refractivity contribution in [3.63, 3.8) is 0 Å². The van der Waals surface area contributed by atoms with Crippen LogP contribution in [-0.2, 0) is 0 Å². The third kappa shape index (κ3) is 4.08. The minimum atomic E-state index is -5.32. The molecule has 0 aromatic heterocycles. The average molecular weight is 443 g/mol. The van der Waals surface area contributed by atoms with Crippen molar-refractivity contribution >= 4 is 23.4 Å². The van der Waals surface area contributed by atoms with Gasteiger partial charge in [0.15, 0.2) is 5.78 Å². The van der Waals surface area contributed by atoms with E-state index in [9.17, 15) is 27.9 Å². The molecule has 10 heteroatoms. The zero-order valence-corrected chi connectivity index (χ0v) is 16.4. The number of amides is 2. The lowest BCUT2D eigenvalue weighted by molar-refractivity contribution is -0.287. The predicted octanol–water partition coefficient (Wildman–Crippen LogP) is 3.84. The van der Waals surface area contributed by atoms with Crippen molar-refractivity contribution in [3.05, 3.63) is 64.7 Å². The first-order valence-electron chi connectivity index (χ1n) is 8.97. The van der Waals surface area contributed by atoms with Crippen LogP contribution in [0.4, 0.5) is 18.0 Å². The molecular formula is C20H18ClF3N2O4. The number of Topliss-reactive ketones (excluding diaryl/α,β-unsaturated/α-hetero) is 1. The topological polar surface area (TPSA) is 87.7 Å². The van der Waals surface area contributed by atoms with Crippen molar-refractivity contribution in [1.82, 2.24) is 10.6 Å². The summed E-state index contributed by atoms with van der Waals surface area (Å²) in [6, 6.07) is 8.37. The van der Waals surface area contributed by atoms with E-state index in [2.05, 4.69) is 5.32 Å². The van der Waals surface area contributed by atoms with Crippen LogP contribution >= 0.6 is 11.6 Å². The second-order valence-electron chi connectivity index (χ2n) is 6.69. The molecule has 1 aliphatic rings. The van der Waals surface area contributed by atoms with Gasteiger partial charge in [0.1, 0.15) is 11.7 Å². The number of ketones is 1. The highest BCUT2D eigenvalue weighted by atomic mass is 35.5. The van der Waals surface area contributed by atoms with Gasteiger partial charge in [0.05, 0.1) is 12.6 Å². The molecule has 3 atom stereocenters. The Morgan fingerprint density at radius 3 is 2.30 bits per heavy atom. The molecule has 30 heavy (non-hydrogen) atoms. The third-order valence-corrected chi connectivity index (χ3v) is 5.02. The number of benzene rings is 2. The van der Waals surface area contributed by atoms with E-state index in [4.69, 9.17) is 16.3 Å². The molecule has 2 amide bonds. The van der Waals surface area contributed by atoms with Crippen LogP contribution in [0, 0.1) is 5.92 Å². The number of carbonyl (C=O) groups excluding carboxylic acids is 2. The molecule has 6 nitrogen and oxygen atoms in total. The van der Waals surface area contributed by atoms with Gasteiger partial charge in [-0.3, -0.25) is 4.79 Å². The molecule has 2 aromatic rings. The Bertz CT molecular complexity index is 935. The number of aliphatic hydroxyl groups is 1. The summed E-state index contributed by atoms with van der Waals surface area (Å²) in [5.41, 5.74) is -3.68. The van der Waals surface area contributed by atoms with Crippen LogP contribution in [0.15, 0.2) is 48.5 Å². The zero-order chi connectivity index (χ0) is 22.1. The maximum atomic E-state index is 13.9. The Morgan fingerprint density at radius 2 is 1.77 bits per heavy atom. The monoisotopic (exact) mass is 442 g/mol. The molecule has 0 spiro atoms. The van der Waals surface area contributed by atoms with Gasteiger partial charge in [0.25, 0.3) is 0 Å². The van der Waals surface area contributed by atoms with E-state index in [-0.39, 0.29) is 16.1 Å². The van der Waals surface area contributed by atoms with Crippen molar-refractivity contribution in [2.24, 2.45) is 5.92 Å². The minimum Gasteiger partial charge on any atom is -0.494 e. The molecule has 0 saturated carbocycles. The normalized spacial score (nSPS) is 24.0. The molecular weight excluding hydrogens is 425 g/mol. The number of rotatable bonds is 5. The number of ether oxygens (including phenoxy) is 1. The van der Waals surface area contributed by atoms with Crippen LogP contribution in [0.2, 0.25) is 5.02 Å². The fraction of sp³-hybridized carbons (Fsp3) is 0.300. The molecule has 1 saturated heterocycles. The molecule has 3 N–H and O–H groups in total. The quantitative estimate of drug-likeness (QED) is 0.614. The van der Waals surface area contributed by atoms with E-state index in [1.54, 1.807) is 6.92 Å². The van der Waals surface area contributed by atoms with Gasteiger partial charge >= 0.3 is 12.2 Å². The summed E-state index contributed by atoms with van der Waals surface area (Å²) < 4.78 is 46.9. The molecule has 0 aliphatic carbocycles. The van der Waals surface area contributed by atoms with E-state index in [0.29, 0.717) is 12.4 Å². The van der Waals surface area contributed by atoms with E-state index >= 15 is 0 Å². The second-order valence-corrected chi connectivity index (χ2v) is 7.13. The molecule has 1 aliphatic heterocycles. The van der Waals surface area contributed by atoms with Crippen LogP contribution < -0.4 is 15.4 Å². The summed E-state index contributed by atoms with van der Waals surface area (Å²) in [5, 5.41) is 14.6. The maximum absolute atomic E-state index is 13.9. The van der Waals surface area contributed by atoms with Crippen molar-refractivity contribution in [2.75, 3.05) is 6.61 Å². The Kier molecular flexibility index (Phi) is 5.96. The first-order valence-corrected chi connectivity index (χ1v) is 9.35. The molecule has 3 rings (SSSR count). The molecule has 1 fully saturated rings. The van der Waals surface area contributed by atoms with E-state index in [1.807, 2.05) is 0 Å². The number of urea groups is 1. The summed E-state index contributed by atoms with van der Waals surface area (Å²) >= 11 is 5.79. The molecule has 0 radical (unpaired) electrons. The van der Waals surface area contributed by atoms with Gasteiger partial charge in [-0.1, -0.05) is 23.7 Å². The minimum absolute atomic E-state index is 0.0963. The Balaban J connectivity index is 2.10. The van der Waals surface area contributed by atoms with Gasteiger partial charge in [0.2, 0.25) is 5.72 Å². The van der Waals surface area contributed by atoms with Crippen LogP contribution in [0.5, 0.6) is 5.75 Å². The van der Waals surface area contributed by atoms with Crippen LogP contribution in [0.1, 0.15) is 28.9 Å². The lowest BCUT2D eigenvalue weighted by Crippen LogP contribution is -2.72. The Morgan fingerprint density at radius 1 is 1.17 bits per heavy atom. The number of halogens is 4. The zero-order valence-electron chi connectivity index (χ0n) is 15.7. The fourth-order valence-electron chi connectivity index (χ4n) is 3.35. The standard InChI is InChI=1S/C20H18ClF3N2O4/c1-2-30-14-9-5-11(6-10-14)16-15(17(27)12-3-7-13(21)8-4-12)19(29,20(22,23)24)26-18(28)25-16/h3-10,15-16,29H,2H2,1H3,(H2,25,26,28)/t15-,16+,19-/m1/s1. The summed E-state index contributed by atoms with van der Waals surface area (Å²) in [7, 11) is 0. The van der Waals surface area contributed by atoms with Crippen molar-refractivity contribution in [1.29, 1.82) is 0 Å². The molecule has 1 heterocycles. The van der Waals surface area contributed by atoms with Gasteiger partial charge < -0.3 is 20.5 Å². The van der Waals surface area contributed by atoms with Gasteiger partial charge in [-0.05, 0) is 48.9 Å². The maximum Gasteiger partial charge on any atom is 0.437 e. The average Bonchev–Trinajstić information content (AvgIpc) is 2.67. The van der Waals surface area contributed by atoms with Crippen LogP contribution in [0.25, 0.3) is 0 Å². The lowest BCUT2D eigenvalue weighted by atomic mass is 9.77. The number of hydrogen-bond donors (Lipinski definition) is 3. The van der Waals surface area contributed by atoms with E-state index in [1.165, 1.54) is 53.8 Å². The summed E-state index contributed by atoms with van der Waals surface area (Å²) in [5.74, 6) is -2.65. The first-order chi connectivity index (χ1) is 14.1. The van der Waals surface area contributed by atoms with Crippen molar-refractivity contribution in [3.8, 4) is 5.75 Å². The van der Waals surface area contributed by atoms with Crippen molar-refractivity contribution in [2.45, 2.75) is 24.9 Å². The number of nitrogens with one attached hydrogen (secondary N) is 2. The summed E-state index contributed by atoms with van der Waals surface area (Å²) in [6.07, 6.45) is -5.32. The highest BCUT2D eigenvalue weighted by Gasteiger charge is 2.66. The highest BCUT2D eigenvalue weighted by Crippen LogP contribution is 2.44. The van der Waals surface area contributed by atoms with Gasteiger partial charge in [-0.25, -0.2) is 4.79 Å². The second kappa shape index (κ2) is 8.16. The SMILES string of the molecule is CCOc1ccc([C@@H]2NC(=O)N[C@](O)(C(F)(F)F)[C@H]2C(=O)c2ccc(Cl)cc2)cc1. The summed E-state index contributed by atoms with van der Waals surface area (Å²) in [4.78, 5) is 25.1. The van der Waals surface area contributed by atoms with Crippen LogP contribution in [-0.4, -0.2) is 35.4 Å². The molecule has 0 bridgehead atoms. The smallest absolute Gasteiger partial charge is 0.437 e. The molecule has 0 unspecified atom stereocenters. The Hall–Kier alpha value is -2.78. The third-order valence-electron chi connectivity index (χ3n) is 4.77. The number of hydrogen-bond acceptors (Lipinski definition) is 4. The molecule has 160 valence electrons. The van der Waals surface area contributed by atoms with Crippen molar-refractivity contribution < 1.29 is 32.6 Å². The van der Waals surface area contributed by atoms with E-state index in [0.717, 1.165) is 0 Å². The van der Waals surface area contributed by atoms with E-state index < -0.39 is 35.7 Å². The Labute approximate surface area is 175 Å². The highest BCUT2D eigenvalue weighted by molar-refractivity contribution is 6.30. The van der Waals surface area contributed by atoms with Crippen LogP contribution in [0.3, 0.4) is 0 Å². The lowest BCUT2D eigenvalue weighted by Gasteiger charge is -2.45. The predicted molar refractivity (Wildman–Crippen MR) is 102 cm³/mol. The van der Waals surface area contributed by atoms with Gasteiger partial charge in [0, 0.05) is 10.6 Å². The largest absolute Gasteiger partial charge is 0.494 e. The number of alkyl halides is 3. The van der Waals surface area contributed by atoms with Gasteiger partial charge in [-0.15, -0.1) is 0 Å². The first kappa shape index (κ1) is 21.9. The molecule has 2 aromatic carbocycles. The number of carbonyl (C=O) groups is 2. The summed E-state index contributed by atoms with van der Waals surface area (Å²) in [6.45, 7) is 2.15. The fourth-order valence-corrected chi connectivity index (χ4v) is 3.47. The van der Waals surface area contributed by atoms with Gasteiger partial charge in [-0.2, -0.15) is 13.2 Å².